The zero-order valence-corrected chi connectivity index (χ0v) is 15.5. The van der Waals surface area contributed by atoms with Gasteiger partial charge in [0.25, 0.3) is 0 Å². The molecule has 2 saturated heterocycles. The lowest BCUT2D eigenvalue weighted by molar-refractivity contribution is -0.137. The van der Waals surface area contributed by atoms with Gasteiger partial charge in [0.2, 0.25) is 5.91 Å². The Bertz CT molecular complexity index is 439. The summed E-state index contributed by atoms with van der Waals surface area (Å²) < 4.78 is 10.9. The first-order valence-corrected chi connectivity index (χ1v) is 9.18. The Balaban J connectivity index is 1.88. The summed E-state index contributed by atoms with van der Waals surface area (Å²) in [6, 6.07) is -0.358. The van der Waals surface area contributed by atoms with Crippen molar-refractivity contribution in [1.82, 2.24) is 9.80 Å². The Labute approximate surface area is 145 Å². The molecule has 2 amide bonds. The molecule has 0 bridgehead atoms. The molecule has 6 heteroatoms. The quantitative estimate of drug-likeness (QED) is 0.789. The van der Waals surface area contributed by atoms with Crippen molar-refractivity contribution >= 4 is 12.0 Å². The average Bonchev–Trinajstić information content (AvgIpc) is 3.01. The number of piperidine rings is 1. The minimum Gasteiger partial charge on any atom is -0.444 e. The van der Waals surface area contributed by atoms with E-state index in [4.69, 9.17) is 9.47 Å². The summed E-state index contributed by atoms with van der Waals surface area (Å²) in [7, 11) is 0. The highest BCUT2D eigenvalue weighted by Gasteiger charge is 2.39. The SMILES string of the molecule is CCOCC1CCN(C(=O)C2CCCN2C(=O)OC(C)(C)C)CC1. The van der Waals surface area contributed by atoms with E-state index in [0.29, 0.717) is 12.5 Å². The fraction of sp³-hybridized carbons (Fsp3) is 0.889. The minimum absolute atomic E-state index is 0.0771. The molecule has 2 rings (SSSR count). The Hall–Kier alpha value is -1.30. The van der Waals surface area contributed by atoms with Crippen LogP contribution >= 0.6 is 0 Å². The van der Waals surface area contributed by atoms with Crippen LogP contribution in [0.5, 0.6) is 0 Å². The minimum atomic E-state index is -0.537. The van der Waals surface area contributed by atoms with E-state index in [1.807, 2.05) is 32.6 Å². The summed E-state index contributed by atoms with van der Waals surface area (Å²) in [6.07, 6.45) is 3.17. The highest BCUT2D eigenvalue weighted by Crippen LogP contribution is 2.25. The molecule has 6 nitrogen and oxygen atoms in total. The molecule has 2 aliphatic heterocycles. The van der Waals surface area contributed by atoms with Gasteiger partial charge in [0.05, 0.1) is 0 Å². The second kappa shape index (κ2) is 8.19. The molecule has 2 heterocycles. The van der Waals surface area contributed by atoms with Crippen LogP contribution < -0.4 is 0 Å². The van der Waals surface area contributed by atoms with Crippen molar-refractivity contribution in [3.05, 3.63) is 0 Å². The lowest BCUT2D eigenvalue weighted by Crippen LogP contribution is -2.51. The molecule has 138 valence electrons. The third-order valence-corrected chi connectivity index (χ3v) is 4.65. The maximum atomic E-state index is 12.8. The Morgan fingerprint density at radius 1 is 1.08 bits per heavy atom. The monoisotopic (exact) mass is 340 g/mol. The van der Waals surface area contributed by atoms with Crippen LogP contribution in [-0.4, -0.2) is 66.3 Å². The van der Waals surface area contributed by atoms with Gasteiger partial charge in [0, 0.05) is 32.8 Å². The number of nitrogens with zero attached hydrogens (tertiary/aromatic N) is 2. The third-order valence-electron chi connectivity index (χ3n) is 4.65. The van der Waals surface area contributed by atoms with Crippen LogP contribution in [0.15, 0.2) is 0 Å². The molecule has 0 saturated carbocycles. The zero-order valence-electron chi connectivity index (χ0n) is 15.5. The lowest BCUT2D eigenvalue weighted by Gasteiger charge is -2.35. The standard InChI is InChI=1S/C18H32N2O4/c1-5-23-13-14-8-11-19(12-9-14)16(21)15-7-6-10-20(15)17(22)24-18(2,3)4/h14-15H,5-13H2,1-4H3. The van der Waals surface area contributed by atoms with E-state index in [9.17, 15) is 9.59 Å². The molecule has 0 aromatic carbocycles. The van der Waals surface area contributed by atoms with Crippen molar-refractivity contribution < 1.29 is 19.1 Å². The van der Waals surface area contributed by atoms with Gasteiger partial charge >= 0.3 is 6.09 Å². The highest BCUT2D eigenvalue weighted by molar-refractivity contribution is 5.86. The van der Waals surface area contributed by atoms with Gasteiger partial charge in [0.1, 0.15) is 11.6 Å². The second-order valence-corrected chi connectivity index (χ2v) is 7.76. The van der Waals surface area contributed by atoms with Gasteiger partial charge in [-0.2, -0.15) is 0 Å². The fourth-order valence-corrected chi connectivity index (χ4v) is 3.38. The molecular formula is C18H32N2O4. The molecule has 2 fully saturated rings. The summed E-state index contributed by atoms with van der Waals surface area (Å²) in [5, 5.41) is 0. The molecule has 2 aliphatic rings. The number of likely N-dealkylation sites (tertiary alicyclic amines) is 2. The highest BCUT2D eigenvalue weighted by atomic mass is 16.6. The number of carbonyl (C=O) groups excluding carboxylic acids is 2. The molecule has 0 aromatic heterocycles. The topological polar surface area (TPSA) is 59.1 Å². The van der Waals surface area contributed by atoms with Crippen LogP contribution in [0.4, 0.5) is 4.79 Å². The van der Waals surface area contributed by atoms with Gasteiger partial charge in [-0.05, 0) is 59.3 Å². The maximum Gasteiger partial charge on any atom is 0.410 e. The number of rotatable bonds is 4. The molecule has 1 atom stereocenters. The molecule has 0 aromatic rings. The molecular weight excluding hydrogens is 308 g/mol. The van der Waals surface area contributed by atoms with Crippen molar-refractivity contribution in [1.29, 1.82) is 0 Å². The summed E-state index contributed by atoms with van der Waals surface area (Å²) in [5.41, 5.74) is -0.537. The number of hydrogen-bond donors (Lipinski definition) is 0. The van der Waals surface area contributed by atoms with Gasteiger partial charge in [-0.25, -0.2) is 4.79 Å². The Morgan fingerprint density at radius 3 is 2.33 bits per heavy atom. The molecule has 0 radical (unpaired) electrons. The summed E-state index contributed by atoms with van der Waals surface area (Å²) in [5.74, 6) is 0.618. The third kappa shape index (κ3) is 5.10. The summed E-state index contributed by atoms with van der Waals surface area (Å²) >= 11 is 0. The predicted octanol–water partition coefficient (Wildman–Crippen LogP) is 2.66. The van der Waals surface area contributed by atoms with Crippen molar-refractivity contribution in [3.63, 3.8) is 0 Å². The second-order valence-electron chi connectivity index (χ2n) is 7.76. The first-order chi connectivity index (χ1) is 11.3. The fourth-order valence-electron chi connectivity index (χ4n) is 3.38. The van der Waals surface area contributed by atoms with E-state index in [1.165, 1.54) is 0 Å². The van der Waals surface area contributed by atoms with Crippen LogP contribution in [0.25, 0.3) is 0 Å². The Kier molecular flexibility index (Phi) is 6.49. The number of hydrogen-bond acceptors (Lipinski definition) is 4. The van der Waals surface area contributed by atoms with Crippen LogP contribution in [0, 0.1) is 5.92 Å². The molecule has 1 unspecified atom stereocenters. The number of ether oxygens (including phenoxy) is 2. The molecule has 0 aliphatic carbocycles. The predicted molar refractivity (Wildman–Crippen MR) is 91.8 cm³/mol. The van der Waals surface area contributed by atoms with E-state index in [0.717, 1.165) is 52.0 Å². The van der Waals surface area contributed by atoms with E-state index in [2.05, 4.69) is 0 Å². The Morgan fingerprint density at radius 2 is 1.75 bits per heavy atom. The van der Waals surface area contributed by atoms with Crippen LogP contribution in [-0.2, 0) is 14.3 Å². The van der Waals surface area contributed by atoms with Crippen LogP contribution in [0.1, 0.15) is 53.4 Å². The molecule has 0 N–H and O–H groups in total. The van der Waals surface area contributed by atoms with E-state index in [-0.39, 0.29) is 18.0 Å². The van der Waals surface area contributed by atoms with Crippen LogP contribution in [0.2, 0.25) is 0 Å². The molecule has 0 spiro atoms. The van der Waals surface area contributed by atoms with E-state index < -0.39 is 5.60 Å². The van der Waals surface area contributed by atoms with Crippen molar-refractivity contribution in [3.8, 4) is 0 Å². The number of carbonyl (C=O) groups is 2. The average molecular weight is 340 g/mol. The zero-order chi connectivity index (χ0) is 17.7. The first-order valence-electron chi connectivity index (χ1n) is 9.18. The molecule has 24 heavy (non-hydrogen) atoms. The smallest absolute Gasteiger partial charge is 0.410 e. The normalized spacial score (nSPS) is 22.8. The van der Waals surface area contributed by atoms with Crippen molar-refractivity contribution in [2.75, 3.05) is 32.8 Å². The van der Waals surface area contributed by atoms with Gasteiger partial charge in [-0.15, -0.1) is 0 Å². The first kappa shape index (κ1) is 19.0. The van der Waals surface area contributed by atoms with Crippen molar-refractivity contribution in [2.24, 2.45) is 5.92 Å². The van der Waals surface area contributed by atoms with Crippen molar-refractivity contribution in [2.45, 2.75) is 65.0 Å². The summed E-state index contributed by atoms with van der Waals surface area (Å²) in [4.78, 5) is 28.7. The van der Waals surface area contributed by atoms with E-state index in [1.54, 1.807) is 4.90 Å². The van der Waals surface area contributed by atoms with Gasteiger partial charge in [-0.3, -0.25) is 9.69 Å². The maximum absolute atomic E-state index is 12.8. The van der Waals surface area contributed by atoms with Gasteiger partial charge in [-0.1, -0.05) is 0 Å². The number of amides is 2. The lowest BCUT2D eigenvalue weighted by atomic mass is 9.97. The summed E-state index contributed by atoms with van der Waals surface area (Å²) in [6.45, 7) is 11.2. The van der Waals surface area contributed by atoms with Crippen LogP contribution in [0.3, 0.4) is 0 Å². The van der Waals surface area contributed by atoms with E-state index >= 15 is 0 Å². The largest absolute Gasteiger partial charge is 0.444 e. The van der Waals surface area contributed by atoms with Gasteiger partial charge < -0.3 is 14.4 Å². The van der Waals surface area contributed by atoms with Gasteiger partial charge in [0.15, 0.2) is 0 Å².